The van der Waals surface area contributed by atoms with Gasteiger partial charge in [-0.1, -0.05) is 29.3 Å². The summed E-state index contributed by atoms with van der Waals surface area (Å²) in [4.78, 5) is 2.54. The predicted octanol–water partition coefficient (Wildman–Crippen LogP) is 3.60. The second kappa shape index (κ2) is 6.64. The van der Waals surface area contributed by atoms with Crippen LogP contribution in [0.25, 0.3) is 0 Å². The molecule has 2 unspecified atom stereocenters. The molecule has 1 aromatic carbocycles. The van der Waals surface area contributed by atoms with Gasteiger partial charge in [0.2, 0.25) is 0 Å². The molecule has 0 radical (unpaired) electrons. The Balaban J connectivity index is 0.00000133. The molecule has 3 rings (SSSR count). The lowest BCUT2D eigenvalue weighted by atomic mass is 9.93. The van der Waals surface area contributed by atoms with Crippen molar-refractivity contribution in [1.82, 2.24) is 10.2 Å². The maximum absolute atomic E-state index is 6.06. The fourth-order valence-corrected chi connectivity index (χ4v) is 3.48. The number of benzene rings is 1. The van der Waals surface area contributed by atoms with Crippen LogP contribution in [0.15, 0.2) is 18.2 Å². The Morgan fingerprint density at radius 1 is 1.21 bits per heavy atom. The van der Waals surface area contributed by atoms with Crippen LogP contribution in [0.5, 0.6) is 0 Å². The number of fused-ring (bicyclic) bond motifs is 1. The molecule has 0 amide bonds. The SMILES string of the molecule is Cl.Clc1ccc(CN2CCC3NCCC3C2)cc1Cl. The van der Waals surface area contributed by atoms with Crippen molar-refractivity contribution in [2.75, 3.05) is 19.6 Å². The van der Waals surface area contributed by atoms with Gasteiger partial charge in [0.05, 0.1) is 10.0 Å². The Kier molecular flexibility index (Phi) is 5.38. The third-order valence-corrected chi connectivity index (χ3v) is 4.87. The van der Waals surface area contributed by atoms with E-state index in [1.165, 1.54) is 38.0 Å². The molecule has 5 heteroatoms. The highest BCUT2D eigenvalue weighted by Crippen LogP contribution is 2.27. The molecule has 2 aliphatic heterocycles. The first-order valence-electron chi connectivity index (χ1n) is 6.62. The van der Waals surface area contributed by atoms with Crippen LogP contribution in [0.1, 0.15) is 18.4 Å². The van der Waals surface area contributed by atoms with Gasteiger partial charge in [0.1, 0.15) is 0 Å². The molecule has 0 spiro atoms. The maximum Gasteiger partial charge on any atom is 0.0595 e. The molecule has 0 aliphatic carbocycles. The first-order valence-corrected chi connectivity index (χ1v) is 7.37. The van der Waals surface area contributed by atoms with Crippen LogP contribution in [0.2, 0.25) is 10.0 Å². The average Bonchev–Trinajstić information content (AvgIpc) is 2.81. The van der Waals surface area contributed by atoms with E-state index >= 15 is 0 Å². The van der Waals surface area contributed by atoms with Crippen LogP contribution < -0.4 is 5.32 Å². The number of halogens is 3. The lowest BCUT2D eigenvalue weighted by Gasteiger charge is -2.34. The molecule has 1 N–H and O–H groups in total. The predicted molar refractivity (Wildman–Crippen MR) is 83.5 cm³/mol. The zero-order valence-electron chi connectivity index (χ0n) is 10.7. The van der Waals surface area contributed by atoms with E-state index in [1.807, 2.05) is 12.1 Å². The van der Waals surface area contributed by atoms with Crippen LogP contribution in [0, 0.1) is 5.92 Å². The summed E-state index contributed by atoms with van der Waals surface area (Å²) >= 11 is 12.0. The Hall–Kier alpha value is 0.01000. The summed E-state index contributed by atoms with van der Waals surface area (Å²) in [6.07, 6.45) is 2.59. The zero-order valence-corrected chi connectivity index (χ0v) is 13.1. The fraction of sp³-hybridized carbons (Fsp3) is 0.571. The Morgan fingerprint density at radius 2 is 2.05 bits per heavy atom. The highest BCUT2D eigenvalue weighted by molar-refractivity contribution is 6.42. The van der Waals surface area contributed by atoms with E-state index in [9.17, 15) is 0 Å². The summed E-state index contributed by atoms with van der Waals surface area (Å²) in [5, 5.41) is 4.89. The lowest BCUT2D eigenvalue weighted by molar-refractivity contribution is 0.156. The van der Waals surface area contributed by atoms with Gasteiger partial charge in [-0.15, -0.1) is 12.4 Å². The number of likely N-dealkylation sites (tertiary alicyclic amines) is 1. The molecule has 0 aromatic heterocycles. The Labute approximate surface area is 130 Å². The first-order chi connectivity index (χ1) is 8.72. The topological polar surface area (TPSA) is 15.3 Å². The summed E-state index contributed by atoms with van der Waals surface area (Å²) in [6, 6.07) is 6.72. The molecule has 2 aliphatic rings. The van der Waals surface area contributed by atoms with Crippen molar-refractivity contribution in [3.8, 4) is 0 Å². The van der Waals surface area contributed by atoms with E-state index in [0.717, 1.165) is 18.5 Å². The number of hydrogen-bond donors (Lipinski definition) is 1. The summed E-state index contributed by atoms with van der Waals surface area (Å²) < 4.78 is 0. The summed E-state index contributed by atoms with van der Waals surface area (Å²) in [6.45, 7) is 4.56. The maximum atomic E-state index is 6.06. The number of hydrogen-bond acceptors (Lipinski definition) is 2. The lowest BCUT2D eigenvalue weighted by Crippen LogP contribution is -2.43. The third-order valence-electron chi connectivity index (χ3n) is 4.13. The molecule has 2 heterocycles. The van der Waals surface area contributed by atoms with Gasteiger partial charge in [0, 0.05) is 19.1 Å². The minimum atomic E-state index is 0. The van der Waals surface area contributed by atoms with Gasteiger partial charge in [-0.25, -0.2) is 0 Å². The van der Waals surface area contributed by atoms with E-state index < -0.39 is 0 Å². The minimum Gasteiger partial charge on any atom is -0.314 e. The van der Waals surface area contributed by atoms with Crippen LogP contribution in [0.3, 0.4) is 0 Å². The van der Waals surface area contributed by atoms with Gasteiger partial charge in [-0.3, -0.25) is 4.90 Å². The molecule has 2 nitrogen and oxygen atoms in total. The van der Waals surface area contributed by atoms with Crippen molar-refractivity contribution in [3.63, 3.8) is 0 Å². The molecule has 1 aromatic rings. The van der Waals surface area contributed by atoms with Crippen molar-refractivity contribution in [2.24, 2.45) is 5.92 Å². The summed E-state index contributed by atoms with van der Waals surface area (Å²) in [5.74, 6) is 0.835. The van der Waals surface area contributed by atoms with Crippen molar-refractivity contribution in [3.05, 3.63) is 33.8 Å². The van der Waals surface area contributed by atoms with E-state index in [0.29, 0.717) is 10.0 Å². The molecule has 2 atom stereocenters. The van der Waals surface area contributed by atoms with Crippen molar-refractivity contribution in [1.29, 1.82) is 0 Å². The van der Waals surface area contributed by atoms with Crippen molar-refractivity contribution in [2.45, 2.75) is 25.4 Å². The summed E-state index contributed by atoms with van der Waals surface area (Å²) in [5.41, 5.74) is 1.26. The van der Waals surface area contributed by atoms with E-state index in [1.54, 1.807) is 0 Å². The fourth-order valence-electron chi connectivity index (χ4n) is 3.16. The van der Waals surface area contributed by atoms with E-state index in [2.05, 4.69) is 16.3 Å². The Bertz CT molecular complexity index is 439. The minimum absolute atomic E-state index is 0. The smallest absolute Gasteiger partial charge is 0.0595 e. The van der Waals surface area contributed by atoms with Crippen LogP contribution in [0.4, 0.5) is 0 Å². The number of nitrogens with one attached hydrogen (secondary N) is 1. The summed E-state index contributed by atoms with van der Waals surface area (Å²) in [7, 11) is 0. The molecule has 0 saturated carbocycles. The van der Waals surface area contributed by atoms with Crippen molar-refractivity contribution < 1.29 is 0 Å². The Morgan fingerprint density at radius 3 is 2.84 bits per heavy atom. The van der Waals surface area contributed by atoms with Crippen LogP contribution >= 0.6 is 35.6 Å². The molecule has 0 bridgehead atoms. The van der Waals surface area contributed by atoms with Gasteiger partial charge in [0.15, 0.2) is 0 Å². The van der Waals surface area contributed by atoms with Gasteiger partial charge < -0.3 is 5.32 Å². The number of rotatable bonds is 2. The molecule has 106 valence electrons. The quantitative estimate of drug-likeness (QED) is 0.895. The number of piperidine rings is 1. The molecule has 2 saturated heterocycles. The second-order valence-corrected chi connectivity index (χ2v) is 6.20. The average molecular weight is 322 g/mol. The third kappa shape index (κ3) is 3.56. The van der Waals surface area contributed by atoms with Gasteiger partial charge in [-0.2, -0.15) is 0 Å². The zero-order chi connectivity index (χ0) is 12.5. The number of nitrogens with zero attached hydrogens (tertiary/aromatic N) is 1. The molecule has 19 heavy (non-hydrogen) atoms. The van der Waals surface area contributed by atoms with Crippen LogP contribution in [-0.4, -0.2) is 30.6 Å². The van der Waals surface area contributed by atoms with Gasteiger partial charge >= 0.3 is 0 Å². The van der Waals surface area contributed by atoms with E-state index in [-0.39, 0.29) is 12.4 Å². The second-order valence-electron chi connectivity index (χ2n) is 5.38. The normalized spacial score (nSPS) is 26.8. The molecular weight excluding hydrogens is 303 g/mol. The van der Waals surface area contributed by atoms with E-state index in [4.69, 9.17) is 23.2 Å². The van der Waals surface area contributed by atoms with Crippen LogP contribution in [-0.2, 0) is 6.54 Å². The van der Waals surface area contributed by atoms with Gasteiger partial charge in [0.25, 0.3) is 0 Å². The highest BCUT2D eigenvalue weighted by Gasteiger charge is 2.32. The largest absolute Gasteiger partial charge is 0.314 e. The molecule has 2 fully saturated rings. The standard InChI is InChI=1S/C14H18Cl2N2.ClH/c15-12-2-1-10(7-13(12)16)8-18-6-4-14-11(9-18)3-5-17-14;/h1-2,7,11,14,17H,3-6,8-9H2;1H. The molecular formula is C14H19Cl3N2. The first kappa shape index (κ1) is 15.4. The van der Waals surface area contributed by atoms with Crippen molar-refractivity contribution >= 4 is 35.6 Å². The monoisotopic (exact) mass is 320 g/mol. The highest BCUT2D eigenvalue weighted by atomic mass is 35.5. The van der Waals surface area contributed by atoms with Gasteiger partial charge in [-0.05, 0) is 49.5 Å².